The summed E-state index contributed by atoms with van der Waals surface area (Å²) < 4.78 is 19.2. The average molecular weight is 763 g/mol. The zero-order valence-electron chi connectivity index (χ0n) is 33.7. The van der Waals surface area contributed by atoms with Crippen LogP contribution >= 0.6 is 23.5 Å². The van der Waals surface area contributed by atoms with Crippen LogP contribution in [0.1, 0.15) is 203 Å². The predicted molar refractivity (Wildman–Crippen MR) is 234 cm³/mol. The van der Waals surface area contributed by atoms with Crippen LogP contribution in [0.25, 0.3) is 44.3 Å². The Labute approximate surface area is 335 Å². The standard InChI is InChI=1S/C48H66N4S2/c1-3-5-7-9-11-13-15-17-19-21-23-25-31-48(32-26-24-22-20-18-16-14-12-10-8-6-4-2)40-28-30-43-47(52-54-50-43)45(40)39-34-37-33-36-27-29-42-46(51-53-49-42)44(36)38(37)35-41(39)48/h27-30,34-35H,3-26,31-33H2,1-2H3. The summed E-state index contributed by atoms with van der Waals surface area (Å²) in [7, 11) is 0. The van der Waals surface area contributed by atoms with Crippen LogP contribution in [-0.2, 0) is 11.8 Å². The summed E-state index contributed by atoms with van der Waals surface area (Å²) in [6, 6.07) is 14.4. The molecule has 7 rings (SSSR count). The lowest BCUT2D eigenvalue weighted by molar-refractivity contribution is 0.397. The molecule has 0 saturated carbocycles. The zero-order valence-corrected chi connectivity index (χ0v) is 35.3. The third-order valence-electron chi connectivity index (χ3n) is 13.1. The number of hydrogen-bond acceptors (Lipinski definition) is 6. The highest BCUT2D eigenvalue weighted by Crippen LogP contribution is 2.58. The maximum Gasteiger partial charge on any atom is 0.112 e. The molecular weight excluding hydrogens is 697 g/mol. The van der Waals surface area contributed by atoms with Gasteiger partial charge in [-0.3, -0.25) is 0 Å². The van der Waals surface area contributed by atoms with Crippen LogP contribution in [0, 0.1) is 0 Å². The highest BCUT2D eigenvalue weighted by molar-refractivity contribution is 7.00. The summed E-state index contributed by atoms with van der Waals surface area (Å²) in [5.41, 5.74) is 15.8. The first-order valence-electron chi connectivity index (χ1n) is 22.4. The Morgan fingerprint density at radius 3 is 1.43 bits per heavy atom. The lowest BCUT2D eigenvalue weighted by Crippen LogP contribution is -2.25. The molecule has 5 aromatic rings. The van der Waals surface area contributed by atoms with Crippen LogP contribution in [0.15, 0.2) is 36.4 Å². The van der Waals surface area contributed by atoms with E-state index in [2.05, 4.69) is 54.6 Å². The molecule has 4 nitrogen and oxygen atoms in total. The highest BCUT2D eigenvalue weighted by atomic mass is 32.1. The van der Waals surface area contributed by atoms with Gasteiger partial charge in [0, 0.05) is 16.5 Å². The molecule has 0 amide bonds. The number of rotatable bonds is 26. The molecule has 2 aromatic heterocycles. The number of nitrogens with zero attached hydrogens (tertiary/aromatic N) is 4. The normalized spacial score (nSPS) is 13.9. The van der Waals surface area contributed by atoms with Gasteiger partial charge in [0.2, 0.25) is 0 Å². The summed E-state index contributed by atoms with van der Waals surface area (Å²) in [4.78, 5) is 0. The second-order valence-electron chi connectivity index (χ2n) is 16.9. The minimum absolute atomic E-state index is 0.0193. The Balaban J connectivity index is 1.08. The number of hydrogen-bond donors (Lipinski definition) is 0. The molecule has 0 radical (unpaired) electrons. The molecule has 0 fully saturated rings. The minimum Gasteiger partial charge on any atom is -0.173 e. The van der Waals surface area contributed by atoms with Gasteiger partial charge < -0.3 is 0 Å². The van der Waals surface area contributed by atoms with Crippen molar-refractivity contribution in [2.75, 3.05) is 0 Å². The van der Waals surface area contributed by atoms with Crippen LogP contribution in [0.4, 0.5) is 0 Å². The van der Waals surface area contributed by atoms with Gasteiger partial charge in [-0.2, -0.15) is 17.5 Å². The Bertz CT molecular complexity index is 1890. The second kappa shape index (κ2) is 19.9. The highest BCUT2D eigenvalue weighted by Gasteiger charge is 2.44. The largest absolute Gasteiger partial charge is 0.173 e. The molecule has 3 aromatic carbocycles. The van der Waals surface area contributed by atoms with Gasteiger partial charge in [0.05, 0.1) is 23.5 Å². The van der Waals surface area contributed by atoms with Crippen molar-refractivity contribution in [2.24, 2.45) is 0 Å². The molecule has 54 heavy (non-hydrogen) atoms. The van der Waals surface area contributed by atoms with Crippen molar-refractivity contribution >= 4 is 45.5 Å². The van der Waals surface area contributed by atoms with Gasteiger partial charge in [-0.1, -0.05) is 180 Å². The smallest absolute Gasteiger partial charge is 0.112 e. The van der Waals surface area contributed by atoms with Crippen molar-refractivity contribution in [1.29, 1.82) is 0 Å². The van der Waals surface area contributed by atoms with E-state index in [0.717, 1.165) is 28.5 Å². The lowest BCUT2D eigenvalue weighted by Gasteiger charge is -2.33. The minimum atomic E-state index is 0.0193. The SMILES string of the molecule is CCCCCCCCCCCCCCC1(CCCCCCCCCCCCCC)c2cc3c(cc2-c2c1ccc1nsnc21)Cc1ccc2nsnc2c1-3. The Hall–Kier alpha value is -2.70. The molecule has 0 aliphatic heterocycles. The first-order chi connectivity index (χ1) is 26.7. The topological polar surface area (TPSA) is 51.6 Å². The summed E-state index contributed by atoms with van der Waals surface area (Å²) >= 11 is 2.72. The molecule has 6 heteroatoms. The molecule has 0 N–H and O–H groups in total. The fourth-order valence-corrected chi connectivity index (χ4v) is 11.1. The Morgan fingerprint density at radius 1 is 0.444 bits per heavy atom. The average Bonchev–Trinajstić information content (AvgIpc) is 3.99. The molecule has 0 spiro atoms. The summed E-state index contributed by atoms with van der Waals surface area (Å²) in [5, 5.41) is 0. The molecule has 2 aliphatic rings. The zero-order chi connectivity index (χ0) is 37.0. The lowest BCUT2D eigenvalue weighted by atomic mass is 9.70. The molecular formula is C48H66N4S2. The van der Waals surface area contributed by atoms with Crippen LogP contribution in [0.3, 0.4) is 0 Å². The van der Waals surface area contributed by atoms with E-state index < -0.39 is 0 Å². The van der Waals surface area contributed by atoms with Gasteiger partial charge in [-0.25, -0.2) is 0 Å². The van der Waals surface area contributed by atoms with Crippen molar-refractivity contribution in [3.05, 3.63) is 58.7 Å². The van der Waals surface area contributed by atoms with Gasteiger partial charge in [-0.15, -0.1) is 0 Å². The van der Waals surface area contributed by atoms with Crippen LogP contribution in [-0.4, -0.2) is 17.5 Å². The first kappa shape index (κ1) is 39.5. The fourth-order valence-electron chi connectivity index (χ4n) is 10.0. The van der Waals surface area contributed by atoms with E-state index in [-0.39, 0.29) is 5.41 Å². The Morgan fingerprint density at radius 2 is 0.907 bits per heavy atom. The van der Waals surface area contributed by atoms with E-state index in [1.54, 1.807) is 5.56 Å². The van der Waals surface area contributed by atoms with Gasteiger partial charge in [0.25, 0.3) is 0 Å². The summed E-state index contributed by atoms with van der Waals surface area (Å²) in [5.74, 6) is 0. The van der Waals surface area contributed by atoms with Gasteiger partial charge >= 0.3 is 0 Å². The molecule has 290 valence electrons. The third-order valence-corrected chi connectivity index (χ3v) is 14.1. The number of unbranched alkanes of at least 4 members (excludes halogenated alkanes) is 22. The van der Waals surface area contributed by atoms with Crippen molar-refractivity contribution in [2.45, 2.75) is 193 Å². The Kier molecular flexibility index (Phi) is 14.6. The molecule has 0 atom stereocenters. The molecule has 0 unspecified atom stereocenters. The number of fused-ring (bicyclic) bond motifs is 10. The summed E-state index contributed by atoms with van der Waals surface area (Å²) in [6.07, 6.45) is 36.7. The molecule has 2 heterocycles. The first-order valence-corrected chi connectivity index (χ1v) is 23.9. The van der Waals surface area contributed by atoms with Crippen molar-refractivity contribution < 1.29 is 0 Å². The number of benzene rings is 3. The maximum absolute atomic E-state index is 4.97. The van der Waals surface area contributed by atoms with Crippen molar-refractivity contribution in [1.82, 2.24) is 17.5 Å². The fraction of sp³-hybridized carbons (Fsp3) is 0.625. The van der Waals surface area contributed by atoms with E-state index in [9.17, 15) is 0 Å². The second-order valence-corrected chi connectivity index (χ2v) is 18.0. The predicted octanol–water partition coefficient (Wildman–Crippen LogP) is 15.7. The number of aromatic nitrogens is 4. The van der Waals surface area contributed by atoms with Gasteiger partial charge in [0.15, 0.2) is 0 Å². The van der Waals surface area contributed by atoms with E-state index in [1.807, 2.05) is 0 Å². The van der Waals surface area contributed by atoms with Crippen LogP contribution in [0.5, 0.6) is 0 Å². The van der Waals surface area contributed by atoms with E-state index in [1.165, 1.54) is 229 Å². The van der Waals surface area contributed by atoms with Crippen molar-refractivity contribution in [3.63, 3.8) is 0 Å². The molecule has 2 aliphatic carbocycles. The van der Waals surface area contributed by atoms with E-state index in [0.29, 0.717) is 0 Å². The molecule has 0 bridgehead atoms. The summed E-state index contributed by atoms with van der Waals surface area (Å²) in [6.45, 7) is 4.62. The van der Waals surface area contributed by atoms with Gasteiger partial charge in [0.1, 0.15) is 22.1 Å². The van der Waals surface area contributed by atoms with Crippen LogP contribution in [0.2, 0.25) is 0 Å². The quantitative estimate of drug-likeness (QED) is 0.0516. The molecule has 0 saturated heterocycles. The third kappa shape index (κ3) is 8.96. The maximum atomic E-state index is 4.97. The van der Waals surface area contributed by atoms with Crippen molar-refractivity contribution in [3.8, 4) is 22.3 Å². The van der Waals surface area contributed by atoms with Crippen LogP contribution < -0.4 is 0 Å². The monoisotopic (exact) mass is 762 g/mol. The van der Waals surface area contributed by atoms with Gasteiger partial charge in [-0.05, 0) is 76.9 Å². The van der Waals surface area contributed by atoms with E-state index >= 15 is 0 Å². The van der Waals surface area contributed by atoms with E-state index in [4.69, 9.17) is 13.1 Å².